The molecule has 1 aliphatic rings. The molecule has 80 valence electrons. The predicted octanol–water partition coefficient (Wildman–Crippen LogP) is 2.94. The van der Waals surface area contributed by atoms with Gasteiger partial charge in [0.05, 0.1) is 3.57 Å². The van der Waals surface area contributed by atoms with Crippen molar-refractivity contribution in [1.82, 2.24) is 0 Å². The molecule has 0 spiro atoms. The first-order valence-corrected chi connectivity index (χ1v) is 5.87. The summed E-state index contributed by atoms with van der Waals surface area (Å²) in [4.78, 5) is 10.9. The molecule has 3 nitrogen and oxygen atoms in total. The Morgan fingerprint density at radius 2 is 2.20 bits per heavy atom. The van der Waals surface area contributed by atoms with Crippen molar-refractivity contribution in [3.8, 4) is 5.75 Å². The van der Waals surface area contributed by atoms with E-state index < -0.39 is 11.6 Å². The van der Waals surface area contributed by atoms with Gasteiger partial charge in [-0.2, -0.15) is 0 Å². The molecule has 15 heavy (non-hydrogen) atoms. The number of carboxylic acids is 1. The summed E-state index contributed by atoms with van der Waals surface area (Å²) in [6, 6.07) is 5.19. The van der Waals surface area contributed by atoms with E-state index in [2.05, 4.69) is 22.6 Å². The van der Waals surface area contributed by atoms with Gasteiger partial charge in [0.15, 0.2) is 0 Å². The normalized spacial score (nSPS) is 17.2. The smallest absolute Gasteiger partial charge is 0.348 e. The summed E-state index contributed by atoms with van der Waals surface area (Å²) >= 11 is 7.91. The van der Waals surface area contributed by atoms with E-state index in [0.717, 1.165) is 3.57 Å². The Morgan fingerprint density at radius 3 is 2.73 bits per heavy atom. The SMILES string of the molecule is O=C(O)C1(Oc2cc(Cl)ccc2I)CC1. The maximum atomic E-state index is 10.9. The van der Waals surface area contributed by atoms with E-state index in [0.29, 0.717) is 23.6 Å². The van der Waals surface area contributed by atoms with Crippen LogP contribution in [-0.4, -0.2) is 16.7 Å². The van der Waals surface area contributed by atoms with E-state index in [-0.39, 0.29) is 0 Å². The van der Waals surface area contributed by atoms with Crippen LogP contribution in [-0.2, 0) is 4.79 Å². The minimum Gasteiger partial charge on any atom is -0.478 e. The molecule has 0 bridgehead atoms. The van der Waals surface area contributed by atoms with E-state index in [1.165, 1.54) is 0 Å². The molecule has 0 saturated heterocycles. The Balaban J connectivity index is 2.24. The molecule has 1 fully saturated rings. The maximum absolute atomic E-state index is 10.9. The fraction of sp³-hybridized carbons (Fsp3) is 0.300. The van der Waals surface area contributed by atoms with Gasteiger partial charge in [0, 0.05) is 17.9 Å². The van der Waals surface area contributed by atoms with Crippen molar-refractivity contribution in [1.29, 1.82) is 0 Å². The average molecular weight is 339 g/mol. The minimum atomic E-state index is -1.01. The number of carbonyl (C=O) groups is 1. The van der Waals surface area contributed by atoms with Gasteiger partial charge in [-0.1, -0.05) is 11.6 Å². The largest absolute Gasteiger partial charge is 0.478 e. The zero-order valence-corrected chi connectivity index (χ0v) is 10.6. The molecule has 0 atom stereocenters. The first-order valence-electron chi connectivity index (χ1n) is 4.41. The lowest BCUT2D eigenvalue weighted by Crippen LogP contribution is -2.29. The van der Waals surface area contributed by atoms with Gasteiger partial charge in [-0.3, -0.25) is 0 Å². The zero-order chi connectivity index (χ0) is 11.1. The molecular formula is C10H8ClIO3. The van der Waals surface area contributed by atoms with Crippen LogP contribution in [0.25, 0.3) is 0 Å². The minimum absolute atomic E-state index is 0.544. The maximum Gasteiger partial charge on any atom is 0.348 e. The van der Waals surface area contributed by atoms with Crippen LogP contribution in [0.4, 0.5) is 0 Å². The number of ether oxygens (including phenoxy) is 1. The second-order valence-corrected chi connectivity index (χ2v) is 5.07. The average Bonchev–Trinajstić information content (AvgIpc) is 2.92. The van der Waals surface area contributed by atoms with E-state index in [1.807, 2.05) is 0 Å². The van der Waals surface area contributed by atoms with Crippen LogP contribution in [0.5, 0.6) is 5.75 Å². The topological polar surface area (TPSA) is 46.5 Å². The van der Waals surface area contributed by atoms with Crippen molar-refractivity contribution < 1.29 is 14.6 Å². The lowest BCUT2D eigenvalue weighted by atomic mass is 10.3. The standard InChI is InChI=1S/C10H8ClIO3/c11-6-1-2-7(12)8(5-6)15-10(3-4-10)9(13)14/h1-2,5H,3-4H2,(H,13,14). The third-order valence-electron chi connectivity index (χ3n) is 2.29. The number of benzene rings is 1. The van der Waals surface area contributed by atoms with E-state index in [9.17, 15) is 4.79 Å². The molecule has 0 radical (unpaired) electrons. The second kappa shape index (κ2) is 3.83. The van der Waals surface area contributed by atoms with Crippen molar-refractivity contribution in [2.45, 2.75) is 18.4 Å². The fourth-order valence-electron chi connectivity index (χ4n) is 1.24. The molecule has 0 aliphatic heterocycles. The van der Waals surface area contributed by atoms with E-state index in [1.54, 1.807) is 18.2 Å². The summed E-state index contributed by atoms with van der Waals surface area (Å²) in [6.45, 7) is 0. The number of hydrogen-bond donors (Lipinski definition) is 1. The zero-order valence-electron chi connectivity index (χ0n) is 7.67. The van der Waals surface area contributed by atoms with Crippen LogP contribution in [0, 0.1) is 3.57 Å². The van der Waals surface area contributed by atoms with Crippen molar-refractivity contribution in [2.24, 2.45) is 0 Å². The van der Waals surface area contributed by atoms with E-state index in [4.69, 9.17) is 21.4 Å². The molecular weight excluding hydrogens is 330 g/mol. The number of aliphatic carboxylic acids is 1. The molecule has 0 aromatic heterocycles. The molecule has 0 unspecified atom stereocenters. The highest BCUT2D eigenvalue weighted by Crippen LogP contribution is 2.42. The summed E-state index contributed by atoms with van der Waals surface area (Å²) in [5.41, 5.74) is -1.01. The molecule has 2 rings (SSSR count). The molecule has 1 saturated carbocycles. The molecule has 1 aromatic carbocycles. The second-order valence-electron chi connectivity index (χ2n) is 3.48. The highest BCUT2D eigenvalue weighted by molar-refractivity contribution is 14.1. The Bertz CT molecular complexity index is 415. The van der Waals surface area contributed by atoms with Gasteiger partial charge in [0.2, 0.25) is 5.60 Å². The van der Waals surface area contributed by atoms with Crippen molar-refractivity contribution >= 4 is 40.2 Å². The summed E-state index contributed by atoms with van der Waals surface area (Å²) < 4.78 is 6.36. The Morgan fingerprint density at radius 1 is 1.53 bits per heavy atom. The van der Waals surface area contributed by atoms with Crippen LogP contribution in [0.1, 0.15) is 12.8 Å². The van der Waals surface area contributed by atoms with Crippen molar-refractivity contribution in [3.63, 3.8) is 0 Å². The molecule has 5 heteroatoms. The van der Waals surface area contributed by atoms with Gasteiger partial charge >= 0.3 is 5.97 Å². The monoisotopic (exact) mass is 338 g/mol. The van der Waals surface area contributed by atoms with Crippen LogP contribution in [0.2, 0.25) is 5.02 Å². The summed E-state index contributed by atoms with van der Waals surface area (Å²) in [5, 5.41) is 9.51. The van der Waals surface area contributed by atoms with Gasteiger partial charge in [0.25, 0.3) is 0 Å². The fourth-order valence-corrected chi connectivity index (χ4v) is 1.85. The summed E-state index contributed by atoms with van der Waals surface area (Å²) in [6.07, 6.45) is 1.12. The molecule has 0 heterocycles. The van der Waals surface area contributed by atoms with Gasteiger partial charge < -0.3 is 9.84 Å². The third kappa shape index (κ3) is 2.20. The highest BCUT2D eigenvalue weighted by Gasteiger charge is 2.53. The van der Waals surface area contributed by atoms with Gasteiger partial charge in [-0.15, -0.1) is 0 Å². The summed E-state index contributed by atoms with van der Waals surface area (Å²) in [5.74, 6) is -0.360. The number of rotatable bonds is 3. The van der Waals surface area contributed by atoms with Crippen LogP contribution in [0.15, 0.2) is 18.2 Å². The quantitative estimate of drug-likeness (QED) is 0.862. The third-order valence-corrected chi connectivity index (χ3v) is 3.42. The molecule has 1 N–H and O–H groups in total. The highest BCUT2D eigenvalue weighted by atomic mass is 127. The van der Waals surface area contributed by atoms with Crippen LogP contribution < -0.4 is 4.74 Å². The lowest BCUT2D eigenvalue weighted by Gasteiger charge is -2.14. The van der Waals surface area contributed by atoms with Crippen molar-refractivity contribution in [3.05, 3.63) is 26.8 Å². The number of hydrogen-bond acceptors (Lipinski definition) is 2. The lowest BCUT2D eigenvalue weighted by molar-refractivity contribution is -0.147. The van der Waals surface area contributed by atoms with E-state index >= 15 is 0 Å². The Labute approximate surface area is 106 Å². The molecule has 1 aliphatic carbocycles. The number of carboxylic acid groups (broad SMARTS) is 1. The molecule has 0 amide bonds. The Kier molecular flexibility index (Phi) is 2.81. The first kappa shape index (κ1) is 11.0. The summed E-state index contributed by atoms with van der Waals surface area (Å²) in [7, 11) is 0. The van der Waals surface area contributed by atoms with Crippen LogP contribution in [0.3, 0.4) is 0 Å². The first-order chi connectivity index (χ1) is 7.03. The predicted molar refractivity (Wildman–Crippen MR) is 64.4 cm³/mol. The van der Waals surface area contributed by atoms with Crippen molar-refractivity contribution in [2.75, 3.05) is 0 Å². The molecule has 1 aromatic rings. The van der Waals surface area contributed by atoms with Gasteiger partial charge in [-0.05, 0) is 40.8 Å². The van der Waals surface area contributed by atoms with Crippen LogP contribution >= 0.6 is 34.2 Å². The Hall–Kier alpha value is -0.490. The number of halogens is 2. The van der Waals surface area contributed by atoms with Gasteiger partial charge in [-0.25, -0.2) is 4.79 Å². The van der Waals surface area contributed by atoms with Gasteiger partial charge in [0.1, 0.15) is 5.75 Å².